The summed E-state index contributed by atoms with van der Waals surface area (Å²) in [6, 6.07) is 7.86. The highest BCUT2D eigenvalue weighted by Crippen LogP contribution is 2.06. The van der Waals surface area contributed by atoms with Gasteiger partial charge in [-0.3, -0.25) is 4.79 Å². The number of carbonyl (C=O) groups excluding carboxylic acids is 1. The van der Waals surface area contributed by atoms with Gasteiger partial charge < -0.3 is 4.74 Å². The van der Waals surface area contributed by atoms with E-state index in [9.17, 15) is 13.2 Å². The first kappa shape index (κ1) is 13.7. The summed E-state index contributed by atoms with van der Waals surface area (Å²) in [6.45, 7) is 1.81. The first-order valence-corrected chi connectivity index (χ1v) is 6.75. The molecule has 0 saturated heterocycles. The number of hydrogen-bond acceptors (Lipinski definition) is 4. The molecule has 0 fully saturated rings. The average molecular weight is 257 g/mol. The standard InChI is InChI=1S/C11H15NO4S/c1-2-8-16-11(13)9-12-17(14,15)10-6-4-3-5-7-10/h3-7,12H,2,8-9H2,1H3. The van der Waals surface area contributed by atoms with Crippen LogP contribution in [0.4, 0.5) is 0 Å². The Labute approximate surface area is 101 Å². The summed E-state index contributed by atoms with van der Waals surface area (Å²) < 4.78 is 30.3. The van der Waals surface area contributed by atoms with E-state index in [0.29, 0.717) is 13.0 Å². The van der Waals surface area contributed by atoms with Crippen LogP contribution in [0.25, 0.3) is 0 Å². The largest absolute Gasteiger partial charge is 0.465 e. The molecule has 0 aliphatic carbocycles. The maximum Gasteiger partial charge on any atom is 0.321 e. The number of nitrogens with one attached hydrogen (secondary N) is 1. The molecular formula is C11H15NO4S. The summed E-state index contributed by atoms with van der Waals surface area (Å²) in [4.78, 5) is 11.3. The number of benzene rings is 1. The average Bonchev–Trinajstić information content (AvgIpc) is 2.35. The Kier molecular flexibility index (Phi) is 5.11. The predicted octanol–water partition coefficient (Wildman–Crippen LogP) is 0.918. The molecule has 0 radical (unpaired) electrons. The summed E-state index contributed by atoms with van der Waals surface area (Å²) in [7, 11) is -3.63. The fraction of sp³-hybridized carbons (Fsp3) is 0.364. The molecule has 0 amide bonds. The number of ether oxygens (including phenoxy) is 1. The van der Waals surface area contributed by atoms with Crippen molar-refractivity contribution in [3.8, 4) is 0 Å². The van der Waals surface area contributed by atoms with E-state index in [2.05, 4.69) is 4.72 Å². The van der Waals surface area contributed by atoms with E-state index >= 15 is 0 Å². The Morgan fingerprint density at radius 2 is 1.94 bits per heavy atom. The molecule has 1 aromatic rings. The molecular weight excluding hydrogens is 242 g/mol. The molecule has 0 atom stereocenters. The smallest absolute Gasteiger partial charge is 0.321 e. The van der Waals surface area contributed by atoms with Crippen LogP contribution in [0.15, 0.2) is 35.2 Å². The van der Waals surface area contributed by atoms with Crippen molar-refractivity contribution >= 4 is 16.0 Å². The molecule has 1 aromatic carbocycles. The quantitative estimate of drug-likeness (QED) is 0.769. The molecule has 17 heavy (non-hydrogen) atoms. The van der Waals surface area contributed by atoms with Gasteiger partial charge in [0, 0.05) is 0 Å². The van der Waals surface area contributed by atoms with Crippen molar-refractivity contribution in [2.45, 2.75) is 18.2 Å². The normalized spacial score (nSPS) is 11.1. The lowest BCUT2D eigenvalue weighted by molar-refractivity contribution is -0.142. The fourth-order valence-corrected chi connectivity index (χ4v) is 2.09. The second-order valence-corrected chi connectivity index (χ2v) is 5.13. The van der Waals surface area contributed by atoms with Gasteiger partial charge >= 0.3 is 5.97 Å². The fourth-order valence-electron chi connectivity index (χ4n) is 1.10. The highest BCUT2D eigenvalue weighted by atomic mass is 32.2. The van der Waals surface area contributed by atoms with Crippen molar-refractivity contribution in [1.29, 1.82) is 0 Å². The molecule has 6 heteroatoms. The Hall–Kier alpha value is -1.40. The molecule has 0 unspecified atom stereocenters. The lowest BCUT2D eigenvalue weighted by Gasteiger charge is -2.06. The van der Waals surface area contributed by atoms with E-state index in [-0.39, 0.29) is 11.4 Å². The van der Waals surface area contributed by atoms with Crippen LogP contribution < -0.4 is 4.72 Å². The second kappa shape index (κ2) is 6.36. The van der Waals surface area contributed by atoms with Crippen molar-refractivity contribution < 1.29 is 17.9 Å². The first-order chi connectivity index (χ1) is 8.06. The monoisotopic (exact) mass is 257 g/mol. The maximum atomic E-state index is 11.7. The summed E-state index contributed by atoms with van der Waals surface area (Å²) in [5.41, 5.74) is 0. The maximum absolute atomic E-state index is 11.7. The molecule has 0 aliphatic heterocycles. The van der Waals surface area contributed by atoms with E-state index in [0.717, 1.165) is 0 Å². The Morgan fingerprint density at radius 3 is 2.53 bits per heavy atom. The van der Waals surface area contributed by atoms with Gasteiger partial charge in [-0.15, -0.1) is 0 Å². The molecule has 1 N–H and O–H groups in total. The van der Waals surface area contributed by atoms with Crippen LogP contribution in [0.2, 0.25) is 0 Å². The third-order valence-electron chi connectivity index (χ3n) is 1.93. The molecule has 1 rings (SSSR count). The lowest BCUT2D eigenvalue weighted by Crippen LogP contribution is -2.30. The number of esters is 1. The lowest BCUT2D eigenvalue weighted by atomic mass is 10.4. The summed E-state index contributed by atoms with van der Waals surface area (Å²) in [5.74, 6) is -0.577. The van der Waals surface area contributed by atoms with Crippen molar-refractivity contribution in [2.75, 3.05) is 13.2 Å². The topological polar surface area (TPSA) is 72.5 Å². The molecule has 0 aliphatic rings. The molecule has 0 aromatic heterocycles. The van der Waals surface area contributed by atoms with Crippen molar-refractivity contribution in [2.24, 2.45) is 0 Å². The molecule has 94 valence electrons. The predicted molar refractivity (Wildman–Crippen MR) is 62.9 cm³/mol. The SMILES string of the molecule is CCCOC(=O)CNS(=O)(=O)c1ccccc1. The van der Waals surface area contributed by atoms with E-state index in [1.165, 1.54) is 12.1 Å². The van der Waals surface area contributed by atoms with Crippen LogP contribution >= 0.6 is 0 Å². The van der Waals surface area contributed by atoms with Crippen LogP contribution in [0.1, 0.15) is 13.3 Å². The summed E-state index contributed by atoms with van der Waals surface area (Å²) in [6.07, 6.45) is 0.706. The molecule has 0 bridgehead atoms. The minimum Gasteiger partial charge on any atom is -0.465 e. The highest BCUT2D eigenvalue weighted by molar-refractivity contribution is 7.89. The van der Waals surface area contributed by atoms with E-state index in [1.807, 2.05) is 6.92 Å². The Bertz CT molecular complexity index is 456. The van der Waals surface area contributed by atoms with Gasteiger partial charge in [0.05, 0.1) is 11.5 Å². The number of sulfonamides is 1. The van der Waals surface area contributed by atoms with Crippen molar-refractivity contribution in [3.63, 3.8) is 0 Å². The summed E-state index contributed by atoms with van der Waals surface area (Å²) >= 11 is 0. The van der Waals surface area contributed by atoms with Gasteiger partial charge in [0.1, 0.15) is 6.54 Å². The van der Waals surface area contributed by atoms with Gasteiger partial charge in [0.25, 0.3) is 0 Å². The van der Waals surface area contributed by atoms with Crippen LogP contribution in [-0.4, -0.2) is 27.5 Å². The van der Waals surface area contributed by atoms with Crippen LogP contribution in [-0.2, 0) is 19.6 Å². The Balaban J connectivity index is 2.54. The van der Waals surface area contributed by atoms with Gasteiger partial charge in [-0.05, 0) is 18.6 Å². The van der Waals surface area contributed by atoms with Crippen LogP contribution in [0, 0.1) is 0 Å². The third-order valence-corrected chi connectivity index (χ3v) is 3.34. The van der Waals surface area contributed by atoms with E-state index in [4.69, 9.17) is 4.74 Å². The Morgan fingerprint density at radius 1 is 1.29 bits per heavy atom. The number of hydrogen-bond donors (Lipinski definition) is 1. The minimum atomic E-state index is -3.63. The zero-order valence-electron chi connectivity index (χ0n) is 9.55. The van der Waals surface area contributed by atoms with E-state index < -0.39 is 16.0 Å². The van der Waals surface area contributed by atoms with Gasteiger partial charge in [-0.1, -0.05) is 25.1 Å². The number of carbonyl (C=O) groups is 1. The highest BCUT2D eigenvalue weighted by Gasteiger charge is 2.14. The molecule has 5 nitrogen and oxygen atoms in total. The van der Waals surface area contributed by atoms with Crippen molar-refractivity contribution in [3.05, 3.63) is 30.3 Å². The van der Waals surface area contributed by atoms with Crippen LogP contribution in [0.3, 0.4) is 0 Å². The number of rotatable bonds is 6. The third kappa shape index (κ3) is 4.54. The minimum absolute atomic E-state index is 0.128. The molecule has 0 heterocycles. The zero-order valence-corrected chi connectivity index (χ0v) is 10.4. The molecule has 0 saturated carbocycles. The van der Waals surface area contributed by atoms with Gasteiger partial charge in [0.2, 0.25) is 10.0 Å². The van der Waals surface area contributed by atoms with Crippen molar-refractivity contribution in [1.82, 2.24) is 4.72 Å². The van der Waals surface area contributed by atoms with Crippen LogP contribution in [0.5, 0.6) is 0 Å². The summed E-state index contributed by atoms with van der Waals surface area (Å²) in [5, 5.41) is 0. The molecule has 0 spiro atoms. The van der Waals surface area contributed by atoms with E-state index in [1.54, 1.807) is 18.2 Å². The first-order valence-electron chi connectivity index (χ1n) is 5.26. The zero-order chi connectivity index (χ0) is 12.7. The van der Waals surface area contributed by atoms with Gasteiger partial charge in [-0.2, -0.15) is 4.72 Å². The second-order valence-electron chi connectivity index (χ2n) is 3.36. The van der Waals surface area contributed by atoms with Gasteiger partial charge in [-0.25, -0.2) is 8.42 Å². The van der Waals surface area contributed by atoms with Gasteiger partial charge in [0.15, 0.2) is 0 Å².